The fourth-order valence-corrected chi connectivity index (χ4v) is 6.19. The van der Waals surface area contributed by atoms with E-state index >= 15 is 0 Å². The van der Waals surface area contributed by atoms with Crippen molar-refractivity contribution in [1.29, 1.82) is 0 Å². The molecule has 0 radical (unpaired) electrons. The van der Waals surface area contributed by atoms with Gasteiger partial charge in [-0.2, -0.15) is 0 Å². The number of amides is 1. The zero-order valence-corrected chi connectivity index (χ0v) is 21.7. The fraction of sp³-hybridized carbons (Fsp3) is 0.321. The van der Waals surface area contributed by atoms with Crippen LogP contribution in [0.3, 0.4) is 0 Å². The lowest BCUT2D eigenvalue weighted by atomic mass is 9.94. The summed E-state index contributed by atoms with van der Waals surface area (Å²) in [5, 5.41) is 0.575. The molecule has 0 atom stereocenters. The normalized spacial score (nSPS) is 14.5. The Morgan fingerprint density at radius 3 is 2.20 bits per heavy atom. The van der Waals surface area contributed by atoms with Gasteiger partial charge in [-0.3, -0.25) is 9.10 Å². The molecule has 3 aromatic carbocycles. The van der Waals surface area contributed by atoms with Crippen LogP contribution in [-0.2, 0) is 16.6 Å². The van der Waals surface area contributed by atoms with Gasteiger partial charge in [0.15, 0.2) is 0 Å². The lowest BCUT2D eigenvalue weighted by molar-refractivity contribution is 0.0697. The quantitative estimate of drug-likeness (QED) is 0.367. The summed E-state index contributed by atoms with van der Waals surface area (Å²) in [5.41, 5.74) is 2.49. The molecule has 4 rings (SSSR count). The molecule has 0 saturated heterocycles. The van der Waals surface area contributed by atoms with E-state index in [0.717, 1.165) is 36.8 Å². The minimum absolute atomic E-state index is 0.0742. The number of benzene rings is 3. The highest BCUT2D eigenvalue weighted by Gasteiger charge is 2.31. The molecule has 1 saturated carbocycles. The fourth-order valence-electron chi connectivity index (χ4n) is 4.59. The van der Waals surface area contributed by atoms with E-state index in [1.807, 2.05) is 14.0 Å². The molecule has 0 heterocycles. The molecule has 0 aromatic heterocycles. The zero-order chi connectivity index (χ0) is 25.0. The second kappa shape index (κ2) is 10.8. The average molecular weight is 511 g/mol. The van der Waals surface area contributed by atoms with Gasteiger partial charge >= 0.3 is 0 Å². The summed E-state index contributed by atoms with van der Waals surface area (Å²) in [5.74, 6) is -0.160. The van der Waals surface area contributed by atoms with Crippen molar-refractivity contribution in [2.75, 3.05) is 11.4 Å². The molecule has 0 bridgehead atoms. The maximum absolute atomic E-state index is 13.9. The minimum atomic E-state index is -3.96. The molecule has 7 heteroatoms. The number of nitrogens with zero attached hydrogens (tertiary/aromatic N) is 2. The number of hydrogen-bond donors (Lipinski definition) is 0. The van der Waals surface area contributed by atoms with Gasteiger partial charge in [0.2, 0.25) is 0 Å². The summed E-state index contributed by atoms with van der Waals surface area (Å²) in [6.45, 7) is 1.99. The molecular weight excluding hydrogens is 480 g/mol. The van der Waals surface area contributed by atoms with Crippen molar-refractivity contribution < 1.29 is 13.2 Å². The first-order chi connectivity index (χ1) is 16.8. The molecule has 5 nitrogen and oxygen atoms in total. The van der Waals surface area contributed by atoms with E-state index in [9.17, 15) is 13.2 Å². The van der Waals surface area contributed by atoms with Gasteiger partial charge in [-0.1, -0.05) is 72.8 Å². The van der Waals surface area contributed by atoms with Crippen molar-refractivity contribution in [3.8, 4) is 0 Å². The highest BCUT2D eigenvalue weighted by molar-refractivity contribution is 7.92. The van der Waals surface area contributed by atoms with Crippen molar-refractivity contribution >= 4 is 33.2 Å². The van der Waals surface area contributed by atoms with E-state index in [0.29, 0.717) is 16.3 Å². The molecule has 0 spiro atoms. The van der Waals surface area contributed by atoms with Crippen LogP contribution in [-0.4, -0.2) is 32.3 Å². The third kappa shape index (κ3) is 5.71. The SMILES string of the molecule is Cc1ccc(S(=O)(=O)N(Cc2ccc(Cl)cc2)c2ccccc2C(=O)N(C)C2CCCCC2)cc1. The maximum atomic E-state index is 13.9. The van der Waals surface area contributed by atoms with Gasteiger partial charge in [0.05, 0.1) is 22.7 Å². The minimum Gasteiger partial charge on any atom is -0.339 e. The lowest BCUT2D eigenvalue weighted by Gasteiger charge is -2.33. The Bertz CT molecular complexity index is 1270. The number of hydrogen-bond acceptors (Lipinski definition) is 3. The Balaban J connectivity index is 1.78. The molecule has 3 aromatic rings. The second-order valence-corrected chi connectivity index (χ2v) is 11.5. The number of sulfonamides is 1. The molecule has 184 valence electrons. The van der Waals surface area contributed by atoms with E-state index in [2.05, 4.69) is 0 Å². The first-order valence-corrected chi connectivity index (χ1v) is 13.8. The molecule has 0 unspecified atom stereocenters. The van der Waals surface area contributed by atoms with Crippen LogP contribution in [0.4, 0.5) is 5.69 Å². The van der Waals surface area contributed by atoms with Crippen LogP contribution < -0.4 is 4.31 Å². The largest absolute Gasteiger partial charge is 0.339 e. The lowest BCUT2D eigenvalue weighted by Crippen LogP contribution is -2.39. The summed E-state index contributed by atoms with van der Waals surface area (Å²) < 4.78 is 29.2. The summed E-state index contributed by atoms with van der Waals surface area (Å²) in [6, 6.07) is 21.0. The second-order valence-electron chi connectivity index (χ2n) is 9.18. The smallest absolute Gasteiger partial charge is 0.264 e. The Kier molecular flexibility index (Phi) is 7.82. The van der Waals surface area contributed by atoms with E-state index in [-0.39, 0.29) is 23.4 Å². The third-order valence-corrected chi connectivity index (χ3v) is 8.72. The highest BCUT2D eigenvalue weighted by Crippen LogP contribution is 2.32. The van der Waals surface area contributed by atoms with Gasteiger partial charge in [0.1, 0.15) is 0 Å². The van der Waals surface area contributed by atoms with Gasteiger partial charge in [0.25, 0.3) is 15.9 Å². The number of anilines is 1. The molecule has 1 fully saturated rings. The molecule has 1 aliphatic carbocycles. The monoisotopic (exact) mass is 510 g/mol. The topological polar surface area (TPSA) is 57.7 Å². The Morgan fingerprint density at radius 1 is 0.914 bits per heavy atom. The summed E-state index contributed by atoms with van der Waals surface area (Å²) in [4.78, 5) is 15.6. The number of para-hydroxylation sites is 1. The number of aryl methyl sites for hydroxylation is 1. The number of halogens is 1. The van der Waals surface area contributed by atoms with Crippen LogP contribution >= 0.6 is 11.6 Å². The van der Waals surface area contributed by atoms with Crippen LogP contribution in [0, 0.1) is 6.92 Å². The van der Waals surface area contributed by atoms with E-state index < -0.39 is 10.0 Å². The van der Waals surface area contributed by atoms with Crippen LogP contribution in [0.25, 0.3) is 0 Å². The average Bonchev–Trinajstić information content (AvgIpc) is 2.88. The van der Waals surface area contributed by atoms with Gasteiger partial charge in [-0.25, -0.2) is 8.42 Å². The zero-order valence-electron chi connectivity index (χ0n) is 20.2. The van der Waals surface area contributed by atoms with Gasteiger partial charge < -0.3 is 4.90 Å². The molecule has 1 amide bonds. The van der Waals surface area contributed by atoms with Crippen LogP contribution in [0.15, 0.2) is 77.7 Å². The van der Waals surface area contributed by atoms with Crippen LogP contribution in [0.2, 0.25) is 5.02 Å². The summed E-state index contributed by atoms with van der Waals surface area (Å²) in [7, 11) is -2.13. The Hall–Kier alpha value is -2.83. The third-order valence-electron chi connectivity index (χ3n) is 6.69. The number of carbonyl (C=O) groups excluding carboxylic acids is 1. The molecule has 35 heavy (non-hydrogen) atoms. The van der Waals surface area contributed by atoms with Gasteiger partial charge in [-0.05, 0) is 61.7 Å². The Labute approximate surface area is 213 Å². The van der Waals surface area contributed by atoms with Crippen molar-refractivity contribution in [3.63, 3.8) is 0 Å². The highest BCUT2D eigenvalue weighted by atomic mass is 35.5. The van der Waals surface area contributed by atoms with Crippen LogP contribution in [0.1, 0.15) is 53.6 Å². The van der Waals surface area contributed by atoms with E-state index in [1.54, 1.807) is 77.7 Å². The standard InChI is InChI=1S/C28H31ClN2O3S/c1-21-12-18-25(19-13-21)35(33,34)31(20-22-14-16-23(29)17-15-22)27-11-7-6-10-26(27)28(32)30(2)24-8-4-3-5-9-24/h6-7,10-19,24H,3-5,8-9,20H2,1-2H3. The van der Waals surface area contributed by atoms with Crippen molar-refractivity contribution in [2.24, 2.45) is 0 Å². The maximum Gasteiger partial charge on any atom is 0.264 e. The first kappa shape index (κ1) is 25.3. The first-order valence-electron chi connectivity index (χ1n) is 12.0. The predicted octanol–water partition coefficient (Wildman–Crippen LogP) is 6.45. The van der Waals surface area contributed by atoms with E-state index in [1.165, 1.54) is 10.7 Å². The number of carbonyl (C=O) groups is 1. The van der Waals surface area contributed by atoms with Crippen molar-refractivity contribution in [3.05, 3.63) is 94.5 Å². The van der Waals surface area contributed by atoms with Crippen molar-refractivity contribution in [2.45, 2.75) is 56.5 Å². The number of rotatable bonds is 7. The van der Waals surface area contributed by atoms with Crippen LogP contribution in [0.5, 0.6) is 0 Å². The van der Waals surface area contributed by atoms with Gasteiger partial charge in [0, 0.05) is 18.1 Å². The van der Waals surface area contributed by atoms with Crippen molar-refractivity contribution in [1.82, 2.24) is 4.90 Å². The molecular formula is C28H31ClN2O3S. The molecule has 0 aliphatic heterocycles. The predicted molar refractivity (Wildman–Crippen MR) is 141 cm³/mol. The molecule has 1 aliphatic rings. The summed E-state index contributed by atoms with van der Waals surface area (Å²) >= 11 is 6.06. The Morgan fingerprint density at radius 2 is 1.54 bits per heavy atom. The molecule has 0 N–H and O–H groups in total. The summed E-state index contributed by atoms with van der Waals surface area (Å²) in [6.07, 6.45) is 5.35. The van der Waals surface area contributed by atoms with E-state index in [4.69, 9.17) is 11.6 Å². The van der Waals surface area contributed by atoms with Gasteiger partial charge in [-0.15, -0.1) is 0 Å².